The maximum absolute atomic E-state index is 13.1. The van der Waals surface area contributed by atoms with E-state index in [1.807, 2.05) is 0 Å². The molecular weight excluding hydrogens is 307 g/mol. The fourth-order valence-corrected chi connectivity index (χ4v) is 1.92. The number of nitrogens with one attached hydrogen (secondary N) is 1. The van der Waals surface area contributed by atoms with Gasteiger partial charge >= 0.3 is 0 Å². The molecule has 0 atom stereocenters. The maximum atomic E-state index is 13.1. The molecule has 0 spiro atoms. The molecule has 1 aromatic carbocycles. The van der Waals surface area contributed by atoms with Gasteiger partial charge in [0.1, 0.15) is 16.8 Å². The van der Waals surface area contributed by atoms with Gasteiger partial charge in [-0.3, -0.25) is 0 Å². The molecule has 0 bridgehead atoms. The number of benzene rings is 1. The van der Waals surface area contributed by atoms with E-state index in [1.165, 1.54) is 12.1 Å². The number of anilines is 1. The summed E-state index contributed by atoms with van der Waals surface area (Å²) in [6.07, 6.45) is 0. The molecular formula is C12H9BrClFN2. The summed E-state index contributed by atoms with van der Waals surface area (Å²) in [5, 5.41) is 3.50. The van der Waals surface area contributed by atoms with Gasteiger partial charge in [0.15, 0.2) is 0 Å². The van der Waals surface area contributed by atoms with Crippen LogP contribution in [0.1, 0.15) is 5.56 Å². The van der Waals surface area contributed by atoms with E-state index in [4.69, 9.17) is 11.6 Å². The van der Waals surface area contributed by atoms with Crippen molar-refractivity contribution in [3.63, 3.8) is 0 Å². The van der Waals surface area contributed by atoms with Crippen molar-refractivity contribution in [1.82, 2.24) is 4.98 Å². The minimum atomic E-state index is -0.260. The third kappa shape index (κ3) is 3.41. The minimum Gasteiger partial charge on any atom is -0.366 e. The molecule has 0 unspecified atom stereocenters. The molecule has 2 rings (SSSR count). The zero-order chi connectivity index (χ0) is 12.3. The lowest BCUT2D eigenvalue weighted by Gasteiger charge is -2.07. The van der Waals surface area contributed by atoms with E-state index < -0.39 is 0 Å². The molecule has 1 heterocycles. The van der Waals surface area contributed by atoms with Crippen LogP contribution in [0.5, 0.6) is 0 Å². The number of hydrogen-bond acceptors (Lipinski definition) is 2. The van der Waals surface area contributed by atoms with Gasteiger partial charge in [-0.05, 0) is 35.9 Å². The average molecular weight is 316 g/mol. The summed E-state index contributed by atoms with van der Waals surface area (Å²) < 4.78 is 13.9. The molecule has 17 heavy (non-hydrogen) atoms. The molecule has 5 heteroatoms. The van der Waals surface area contributed by atoms with Crippen LogP contribution < -0.4 is 5.32 Å². The SMILES string of the molecule is Fc1ccc(Br)c(CNc2cccc(Cl)n2)c1. The number of aromatic nitrogens is 1. The molecule has 0 amide bonds. The molecule has 0 radical (unpaired) electrons. The van der Waals surface area contributed by atoms with Crippen molar-refractivity contribution < 1.29 is 4.39 Å². The Labute approximate surface area is 112 Å². The molecule has 1 N–H and O–H groups in total. The van der Waals surface area contributed by atoms with E-state index >= 15 is 0 Å². The Morgan fingerprint density at radius 3 is 2.88 bits per heavy atom. The molecule has 0 aliphatic carbocycles. The zero-order valence-corrected chi connectivity index (χ0v) is 11.1. The quantitative estimate of drug-likeness (QED) is 0.857. The van der Waals surface area contributed by atoms with E-state index in [0.717, 1.165) is 10.0 Å². The van der Waals surface area contributed by atoms with Crippen molar-refractivity contribution in [2.24, 2.45) is 0 Å². The fraction of sp³-hybridized carbons (Fsp3) is 0.0833. The summed E-state index contributed by atoms with van der Waals surface area (Å²) in [6, 6.07) is 9.87. The van der Waals surface area contributed by atoms with E-state index in [2.05, 4.69) is 26.2 Å². The Bertz CT molecular complexity index is 534. The smallest absolute Gasteiger partial charge is 0.131 e. The van der Waals surface area contributed by atoms with Gasteiger partial charge < -0.3 is 5.32 Å². The topological polar surface area (TPSA) is 24.9 Å². The highest BCUT2D eigenvalue weighted by atomic mass is 79.9. The summed E-state index contributed by atoms with van der Waals surface area (Å²) in [4.78, 5) is 4.09. The lowest BCUT2D eigenvalue weighted by molar-refractivity contribution is 0.625. The van der Waals surface area contributed by atoms with Crippen molar-refractivity contribution >= 4 is 33.3 Å². The monoisotopic (exact) mass is 314 g/mol. The first kappa shape index (κ1) is 12.3. The van der Waals surface area contributed by atoms with Crippen LogP contribution in [0.2, 0.25) is 5.15 Å². The highest BCUT2D eigenvalue weighted by molar-refractivity contribution is 9.10. The number of halogens is 3. The van der Waals surface area contributed by atoms with Gasteiger partial charge in [0.05, 0.1) is 0 Å². The van der Waals surface area contributed by atoms with Gasteiger partial charge in [-0.1, -0.05) is 33.6 Å². The number of pyridine rings is 1. The Morgan fingerprint density at radius 2 is 2.12 bits per heavy atom. The van der Waals surface area contributed by atoms with Crippen LogP contribution in [-0.2, 0) is 6.54 Å². The average Bonchev–Trinajstić information content (AvgIpc) is 2.30. The van der Waals surface area contributed by atoms with Gasteiger partial charge in [0.2, 0.25) is 0 Å². The van der Waals surface area contributed by atoms with Crippen LogP contribution in [-0.4, -0.2) is 4.98 Å². The van der Waals surface area contributed by atoms with E-state index in [-0.39, 0.29) is 5.82 Å². The Hall–Kier alpha value is -1.13. The first-order chi connectivity index (χ1) is 8.15. The Kier molecular flexibility index (Phi) is 3.97. The summed E-state index contributed by atoms with van der Waals surface area (Å²) in [6.45, 7) is 0.478. The molecule has 2 aromatic rings. The summed E-state index contributed by atoms with van der Waals surface area (Å²) in [5.74, 6) is 0.401. The Morgan fingerprint density at radius 1 is 1.29 bits per heavy atom. The molecule has 0 saturated carbocycles. The molecule has 0 aliphatic rings. The highest BCUT2D eigenvalue weighted by Gasteiger charge is 2.02. The molecule has 0 aliphatic heterocycles. The predicted molar refractivity (Wildman–Crippen MR) is 70.7 cm³/mol. The molecule has 88 valence electrons. The normalized spacial score (nSPS) is 10.3. The van der Waals surface area contributed by atoms with Crippen LogP contribution in [0.4, 0.5) is 10.2 Å². The van der Waals surface area contributed by atoms with Gasteiger partial charge in [-0.2, -0.15) is 0 Å². The molecule has 0 saturated heterocycles. The summed E-state index contributed by atoms with van der Waals surface area (Å²) in [7, 11) is 0. The van der Waals surface area contributed by atoms with Crippen molar-refractivity contribution in [2.45, 2.75) is 6.54 Å². The van der Waals surface area contributed by atoms with Crippen LogP contribution in [0, 0.1) is 5.82 Å². The first-order valence-corrected chi connectivity index (χ1v) is 6.12. The van der Waals surface area contributed by atoms with Crippen LogP contribution in [0.3, 0.4) is 0 Å². The summed E-state index contributed by atoms with van der Waals surface area (Å²) >= 11 is 9.13. The van der Waals surface area contributed by atoms with Crippen molar-refractivity contribution in [1.29, 1.82) is 0 Å². The summed E-state index contributed by atoms with van der Waals surface area (Å²) in [5.41, 5.74) is 0.826. The first-order valence-electron chi connectivity index (χ1n) is 4.95. The van der Waals surface area contributed by atoms with Crippen LogP contribution >= 0.6 is 27.5 Å². The van der Waals surface area contributed by atoms with Crippen molar-refractivity contribution in [3.05, 3.63) is 57.4 Å². The number of hydrogen-bond donors (Lipinski definition) is 1. The van der Waals surface area contributed by atoms with Gasteiger partial charge in [0, 0.05) is 11.0 Å². The second-order valence-electron chi connectivity index (χ2n) is 3.43. The second kappa shape index (κ2) is 5.47. The van der Waals surface area contributed by atoms with Gasteiger partial charge in [-0.25, -0.2) is 9.37 Å². The predicted octanol–water partition coefficient (Wildman–Crippen LogP) is 4.25. The second-order valence-corrected chi connectivity index (χ2v) is 4.68. The van der Waals surface area contributed by atoms with Crippen molar-refractivity contribution in [2.75, 3.05) is 5.32 Å². The largest absolute Gasteiger partial charge is 0.366 e. The molecule has 1 aromatic heterocycles. The third-order valence-electron chi connectivity index (χ3n) is 2.18. The van der Waals surface area contributed by atoms with Crippen molar-refractivity contribution in [3.8, 4) is 0 Å². The third-order valence-corrected chi connectivity index (χ3v) is 3.17. The maximum Gasteiger partial charge on any atom is 0.131 e. The molecule has 0 fully saturated rings. The van der Waals surface area contributed by atoms with E-state index in [9.17, 15) is 4.39 Å². The number of nitrogens with zero attached hydrogens (tertiary/aromatic N) is 1. The zero-order valence-electron chi connectivity index (χ0n) is 8.75. The lowest BCUT2D eigenvalue weighted by atomic mass is 10.2. The highest BCUT2D eigenvalue weighted by Crippen LogP contribution is 2.19. The standard InChI is InChI=1S/C12H9BrClFN2/c13-10-5-4-9(15)6-8(10)7-16-12-3-1-2-11(14)17-12/h1-6H,7H2,(H,16,17). The van der Waals surface area contributed by atoms with Crippen LogP contribution in [0.15, 0.2) is 40.9 Å². The lowest BCUT2D eigenvalue weighted by Crippen LogP contribution is -2.02. The minimum absolute atomic E-state index is 0.260. The fourth-order valence-electron chi connectivity index (χ4n) is 1.37. The Balaban J connectivity index is 2.09. The molecule has 2 nitrogen and oxygen atoms in total. The van der Waals surface area contributed by atoms with E-state index in [1.54, 1.807) is 24.3 Å². The van der Waals surface area contributed by atoms with Gasteiger partial charge in [0.25, 0.3) is 0 Å². The van der Waals surface area contributed by atoms with Gasteiger partial charge in [-0.15, -0.1) is 0 Å². The number of rotatable bonds is 3. The van der Waals surface area contributed by atoms with E-state index in [0.29, 0.717) is 17.5 Å². The van der Waals surface area contributed by atoms with Crippen LogP contribution in [0.25, 0.3) is 0 Å².